The molecule has 1 amide bonds. The van der Waals surface area contributed by atoms with Crippen LogP contribution >= 0.6 is 11.6 Å². The first kappa shape index (κ1) is 15.6. The number of nitrogens with zero attached hydrogens (tertiary/aromatic N) is 2. The lowest BCUT2D eigenvalue weighted by Crippen LogP contribution is -2.48. The van der Waals surface area contributed by atoms with E-state index in [0.717, 1.165) is 31.7 Å². The van der Waals surface area contributed by atoms with Crippen molar-refractivity contribution in [2.75, 3.05) is 31.1 Å². The Morgan fingerprint density at radius 3 is 2.26 bits per heavy atom. The zero-order chi connectivity index (χ0) is 16.1. The van der Waals surface area contributed by atoms with E-state index in [2.05, 4.69) is 17.0 Å². The largest absolute Gasteiger partial charge is 0.368 e. The van der Waals surface area contributed by atoms with Gasteiger partial charge in [0, 0.05) is 43.0 Å². The van der Waals surface area contributed by atoms with Gasteiger partial charge in [-0.3, -0.25) is 4.79 Å². The number of rotatable bonds is 3. The average molecular weight is 327 g/mol. The van der Waals surface area contributed by atoms with Crippen LogP contribution in [0.4, 0.5) is 5.69 Å². The minimum atomic E-state index is 0.0395. The summed E-state index contributed by atoms with van der Waals surface area (Å²) in [6.07, 6.45) is 3.40. The predicted octanol–water partition coefficient (Wildman–Crippen LogP) is 3.70. The normalized spacial score (nSPS) is 15.2. The molecule has 2 aromatic carbocycles. The summed E-state index contributed by atoms with van der Waals surface area (Å²) >= 11 is 6.10. The number of carbonyl (C=O) groups is 1. The highest BCUT2D eigenvalue weighted by atomic mass is 35.5. The van der Waals surface area contributed by atoms with Crippen LogP contribution in [0.2, 0.25) is 5.02 Å². The Labute approximate surface area is 141 Å². The molecule has 118 valence electrons. The molecule has 0 unspecified atom stereocenters. The van der Waals surface area contributed by atoms with Crippen molar-refractivity contribution in [3.8, 4) is 0 Å². The molecular formula is C19H19ClN2O. The third kappa shape index (κ3) is 3.93. The molecule has 0 saturated carbocycles. The number of anilines is 1. The maximum atomic E-state index is 12.3. The molecule has 0 aromatic heterocycles. The van der Waals surface area contributed by atoms with E-state index in [0.29, 0.717) is 5.02 Å². The first-order chi connectivity index (χ1) is 11.2. The molecule has 0 bridgehead atoms. The fraction of sp³-hybridized carbons (Fsp3) is 0.211. The maximum Gasteiger partial charge on any atom is 0.246 e. The maximum absolute atomic E-state index is 12.3. The van der Waals surface area contributed by atoms with E-state index < -0.39 is 0 Å². The third-order valence-electron chi connectivity index (χ3n) is 4.02. The Hall–Kier alpha value is -2.26. The summed E-state index contributed by atoms with van der Waals surface area (Å²) in [5, 5.41) is 0.658. The van der Waals surface area contributed by atoms with Gasteiger partial charge in [0.1, 0.15) is 0 Å². The van der Waals surface area contributed by atoms with Gasteiger partial charge in [0.15, 0.2) is 0 Å². The zero-order valence-corrected chi connectivity index (χ0v) is 13.6. The van der Waals surface area contributed by atoms with Crippen molar-refractivity contribution in [2.45, 2.75) is 0 Å². The van der Waals surface area contributed by atoms with E-state index in [1.54, 1.807) is 12.2 Å². The van der Waals surface area contributed by atoms with Crippen molar-refractivity contribution in [1.29, 1.82) is 0 Å². The van der Waals surface area contributed by atoms with Crippen molar-refractivity contribution >= 4 is 29.3 Å². The standard InChI is InChI=1S/C19H19ClN2O/c20-18-9-5-4-6-16(18)10-11-19(23)22-14-12-21(13-15-22)17-7-2-1-3-8-17/h1-11H,12-15H2/b11-10+. The second-order valence-electron chi connectivity index (χ2n) is 5.50. The molecule has 1 saturated heterocycles. The van der Waals surface area contributed by atoms with Gasteiger partial charge in [0.25, 0.3) is 0 Å². The van der Waals surface area contributed by atoms with Crippen LogP contribution < -0.4 is 4.90 Å². The van der Waals surface area contributed by atoms with Gasteiger partial charge < -0.3 is 9.80 Å². The van der Waals surface area contributed by atoms with Crippen molar-refractivity contribution in [1.82, 2.24) is 4.90 Å². The SMILES string of the molecule is O=C(/C=C/c1ccccc1Cl)N1CCN(c2ccccc2)CC1. The molecule has 3 rings (SSSR count). The summed E-state index contributed by atoms with van der Waals surface area (Å²) in [4.78, 5) is 16.5. The van der Waals surface area contributed by atoms with Gasteiger partial charge in [-0.1, -0.05) is 48.0 Å². The van der Waals surface area contributed by atoms with E-state index in [-0.39, 0.29) is 5.91 Å². The van der Waals surface area contributed by atoms with Crippen LogP contribution in [0.25, 0.3) is 6.08 Å². The first-order valence-corrected chi connectivity index (χ1v) is 8.13. The summed E-state index contributed by atoms with van der Waals surface area (Å²) in [6, 6.07) is 17.8. The third-order valence-corrected chi connectivity index (χ3v) is 4.37. The molecular weight excluding hydrogens is 308 g/mol. The molecule has 1 aliphatic rings. The highest BCUT2D eigenvalue weighted by Gasteiger charge is 2.19. The van der Waals surface area contributed by atoms with Crippen molar-refractivity contribution < 1.29 is 4.79 Å². The van der Waals surface area contributed by atoms with Crippen LogP contribution in [-0.4, -0.2) is 37.0 Å². The number of carbonyl (C=O) groups excluding carboxylic acids is 1. The summed E-state index contributed by atoms with van der Waals surface area (Å²) in [5.41, 5.74) is 2.08. The Balaban J connectivity index is 1.57. The molecule has 0 atom stereocenters. The molecule has 1 heterocycles. The Morgan fingerprint density at radius 1 is 0.913 bits per heavy atom. The molecule has 0 N–H and O–H groups in total. The lowest BCUT2D eigenvalue weighted by Gasteiger charge is -2.35. The van der Waals surface area contributed by atoms with E-state index in [1.165, 1.54) is 5.69 Å². The Kier molecular flexibility index (Phi) is 4.99. The van der Waals surface area contributed by atoms with Crippen LogP contribution in [0, 0.1) is 0 Å². The molecule has 23 heavy (non-hydrogen) atoms. The van der Waals surface area contributed by atoms with Crippen LogP contribution in [0.5, 0.6) is 0 Å². The monoisotopic (exact) mass is 326 g/mol. The molecule has 3 nitrogen and oxygen atoms in total. The Morgan fingerprint density at radius 2 is 1.57 bits per heavy atom. The highest BCUT2D eigenvalue weighted by Crippen LogP contribution is 2.18. The van der Waals surface area contributed by atoms with Crippen LogP contribution in [0.1, 0.15) is 5.56 Å². The minimum absolute atomic E-state index is 0.0395. The molecule has 2 aromatic rings. The van der Waals surface area contributed by atoms with E-state index in [1.807, 2.05) is 47.4 Å². The number of benzene rings is 2. The van der Waals surface area contributed by atoms with E-state index in [4.69, 9.17) is 11.6 Å². The number of hydrogen-bond acceptors (Lipinski definition) is 2. The van der Waals surface area contributed by atoms with Crippen LogP contribution in [0.15, 0.2) is 60.7 Å². The fourth-order valence-electron chi connectivity index (χ4n) is 2.70. The molecule has 0 radical (unpaired) electrons. The lowest BCUT2D eigenvalue weighted by molar-refractivity contribution is -0.126. The zero-order valence-electron chi connectivity index (χ0n) is 12.9. The van der Waals surface area contributed by atoms with Crippen LogP contribution in [0.3, 0.4) is 0 Å². The predicted molar refractivity (Wildman–Crippen MR) is 95.7 cm³/mol. The Bertz CT molecular complexity index is 692. The summed E-state index contributed by atoms with van der Waals surface area (Å²) < 4.78 is 0. The molecule has 1 aliphatic heterocycles. The summed E-state index contributed by atoms with van der Waals surface area (Å²) in [6.45, 7) is 3.19. The van der Waals surface area contributed by atoms with Crippen LogP contribution in [-0.2, 0) is 4.79 Å². The summed E-state index contributed by atoms with van der Waals surface area (Å²) in [7, 11) is 0. The first-order valence-electron chi connectivity index (χ1n) is 7.75. The van der Waals surface area contributed by atoms with Gasteiger partial charge in [-0.15, -0.1) is 0 Å². The van der Waals surface area contributed by atoms with E-state index in [9.17, 15) is 4.79 Å². The van der Waals surface area contributed by atoms with Gasteiger partial charge in [0.05, 0.1) is 0 Å². The van der Waals surface area contributed by atoms with E-state index >= 15 is 0 Å². The van der Waals surface area contributed by atoms with Crippen molar-refractivity contribution in [3.63, 3.8) is 0 Å². The number of amides is 1. The number of halogens is 1. The molecule has 0 aliphatic carbocycles. The number of para-hydroxylation sites is 1. The highest BCUT2D eigenvalue weighted by molar-refractivity contribution is 6.32. The minimum Gasteiger partial charge on any atom is -0.368 e. The quantitative estimate of drug-likeness (QED) is 0.803. The second-order valence-corrected chi connectivity index (χ2v) is 5.91. The lowest BCUT2D eigenvalue weighted by atomic mass is 10.2. The fourth-order valence-corrected chi connectivity index (χ4v) is 2.90. The van der Waals surface area contributed by atoms with Crippen molar-refractivity contribution in [2.24, 2.45) is 0 Å². The average Bonchev–Trinajstić information content (AvgIpc) is 2.62. The smallest absolute Gasteiger partial charge is 0.246 e. The molecule has 1 fully saturated rings. The van der Waals surface area contributed by atoms with Gasteiger partial charge in [-0.05, 0) is 29.8 Å². The van der Waals surface area contributed by atoms with Gasteiger partial charge in [-0.2, -0.15) is 0 Å². The van der Waals surface area contributed by atoms with Gasteiger partial charge in [-0.25, -0.2) is 0 Å². The number of piperazine rings is 1. The van der Waals surface area contributed by atoms with Gasteiger partial charge >= 0.3 is 0 Å². The van der Waals surface area contributed by atoms with Crippen molar-refractivity contribution in [3.05, 3.63) is 71.3 Å². The second kappa shape index (κ2) is 7.34. The molecule has 4 heteroatoms. The summed E-state index contributed by atoms with van der Waals surface area (Å²) in [5.74, 6) is 0.0395. The topological polar surface area (TPSA) is 23.6 Å². The number of hydrogen-bond donors (Lipinski definition) is 0. The van der Waals surface area contributed by atoms with Gasteiger partial charge in [0.2, 0.25) is 5.91 Å². The molecule has 0 spiro atoms.